The van der Waals surface area contributed by atoms with Crippen LogP contribution in [-0.4, -0.2) is 24.1 Å². The van der Waals surface area contributed by atoms with Crippen molar-refractivity contribution in [3.8, 4) is 0 Å². The fourth-order valence-electron chi connectivity index (χ4n) is 2.03. The van der Waals surface area contributed by atoms with Crippen LogP contribution in [0.1, 0.15) is 53.9 Å². The van der Waals surface area contributed by atoms with Gasteiger partial charge in [0.15, 0.2) is 0 Å². The van der Waals surface area contributed by atoms with Crippen LogP contribution in [0, 0.1) is 0 Å². The number of unbranched alkanes of at least 4 members (excludes halogenated alkanes) is 2. The van der Waals surface area contributed by atoms with Gasteiger partial charge < -0.3 is 9.31 Å². The smallest absolute Gasteiger partial charge is 0.399 e. The maximum absolute atomic E-state index is 6.09. The van der Waals surface area contributed by atoms with Crippen LogP contribution in [0.5, 0.6) is 0 Å². The van der Waals surface area contributed by atoms with Crippen LogP contribution in [0.15, 0.2) is 16.3 Å². The predicted octanol–water partition coefficient (Wildman–Crippen LogP) is 4.33. The Morgan fingerprint density at radius 1 is 1.15 bits per heavy atom. The number of thioether (sulfide) groups is 1. The summed E-state index contributed by atoms with van der Waals surface area (Å²) in [6, 6.07) is 2.23. The standard InChI is InChI=1S/C15H25BO2S2/c1-6-7-8-9-19-12-10-13(20-11-12)16-17-14(2,3)15(4,5)18-16/h10-11H,6-9H2,1-5H3. The van der Waals surface area contributed by atoms with Crippen LogP contribution in [0.3, 0.4) is 0 Å². The summed E-state index contributed by atoms with van der Waals surface area (Å²) >= 11 is 3.68. The van der Waals surface area contributed by atoms with Crippen LogP contribution < -0.4 is 4.78 Å². The molecule has 2 nitrogen and oxygen atoms in total. The average Bonchev–Trinajstić information content (AvgIpc) is 2.89. The van der Waals surface area contributed by atoms with Gasteiger partial charge in [-0.2, -0.15) is 11.3 Å². The highest BCUT2D eigenvalue weighted by Gasteiger charge is 2.52. The van der Waals surface area contributed by atoms with E-state index in [0.29, 0.717) is 0 Å². The molecule has 0 unspecified atom stereocenters. The summed E-state index contributed by atoms with van der Waals surface area (Å²) in [5.41, 5.74) is -0.508. The summed E-state index contributed by atoms with van der Waals surface area (Å²) in [7, 11) is -0.213. The van der Waals surface area contributed by atoms with Crippen molar-refractivity contribution < 1.29 is 9.31 Å². The first-order chi connectivity index (χ1) is 9.36. The first kappa shape index (κ1) is 16.4. The molecule has 1 aliphatic heterocycles. The van der Waals surface area contributed by atoms with Crippen molar-refractivity contribution in [2.24, 2.45) is 0 Å². The Hall–Kier alpha value is 0.0349. The van der Waals surface area contributed by atoms with Crippen LogP contribution in [0.2, 0.25) is 0 Å². The molecule has 1 aromatic heterocycles. The van der Waals surface area contributed by atoms with Crippen LogP contribution in [0.4, 0.5) is 0 Å². The first-order valence-electron chi connectivity index (χ1n) is 7.42. The van der Waals surface area contributed by atoms with Crippen molar-refractivity contribution in [1.82, 2.24) is 0 Å². The third-order valence-electron chi connectivity index (χ3n) is 4.10. The van der Waals surface area contributed by atoms with E-state index in [1.807, 2.05) is 11.8 Å². The number of rotatable bonds is 6. The lowest BCUT2D eigenvalue weighted by Gasteiger charge is -2.32. The van der Waals surface area contributed by atoms with E-state index in [1.54, 1.807) is 11.3 Å². The van der Waals surface area contributed by atoms with Gasteiger partial charge in [0, 0.05) is 15.1 Å². The lowest BCUT2D eigenvalue weighted by molar-refractivity contribution is 0.00578. The molecular weight excluding hydrogens is 287 g/mol. The monoisotopic (exact) mass is 312 g/mol. The minimum atomic E-state index is -0.254. The van der Waals surface area contributed by atoms with Gasteiger partial charge in [-0.1, -0.05) is 19.8 Å². The second-order valence-electron chi connectivity index (χ2n) is 6.33. The summed E-state index contributed by atoms with van der Waals surface area (Å²) in [5, 5.41) is 2.22. The zero-order valence-corrected chi connectivity index (χ0v) is 14.8. The third kappa shape index (κ3) is 3.62. The lowest BCUT2D eigenvalue weighted by atomic mass is 9.88. The summed E-state index contributed by atoms with van der Waals surface area (Å²) < 4.78 is 13.4. The van der Waals surface area contributed by atoms with Crippen molar-refractivity contribution in [3.05, 3.63) is 11.4 Å². The summed E-state index contributed by atoms with van der Waals surface area (Å²) in [6.07, 6.45) is 3.90. The highest BCUT2D eigenvalue weighted by Crippen LogP contribution is 2.37. The highest BCUT2D eigenvalue weighted by atomic mass is 32.2. The molecule has 0 aliphatic carbocycles. The highest BCUT2D eigenvalue weighted by molar-refractivity contribution is 7.99. The molecule has 0 saturated carbocycles. The van der Waals surface area contributed by atoms with Gasteiger partial charge in [0.25, 0.3) is 0 Å². The molecule has 0 N–H and O–H groups in total. The zero-order chi connectivity index (χ0) is 14.8. The zero-order valence-electron chi connectivity index (χ0n) is 13.2. The van der Waals surface area contributed by atoms with Crippen LogP contribution >= 0.6 is 23.1 Å². The van der Waals surface area contributed by atoms with Gasteiger partial charge >= 0.3 is 7.12 Å². The van der Waals surface area contributed by atoms with E-state index in [9.17, 15) is 0 Å². The van der Waals surface area contributed by atoms with Gasteiger partial charge in [-0.3, -0.25) is 0 Å². The SMILES string of the molecule is CCCCCSc1csc(B2OC(C)(C)C(C)(C)O2)c1. The normalized spacial score (nSPS) is 20.6. The molecule has 0 amide bonds. The van der Waals surface area contributed by atoms with E-state index < -0.39 is 0 Å². The average molecular weight is 312 g/mol. The molecule has 112 valence electrons. The Morgan fingerprint density at radius 3 is 2.40 bits per heavy atom. The molecule has 1 fully saturated rings. The molecule has 0 spiro atoms. The van der Waals surface area contributed by atoms with Gasteiger partial charge in [-0.15, -0.1) is 11.8 Å². The first-order valence-corrected chi connectivity index (χ1v) is 9.29. The Balaban J connectivity index is 1.93. The summed E-state index contributed by atoms with van der Waals surface area (Å²) in [6.45, 7) is 10.6. The lowest BCUT2D eigenvalue weighted by Crippen LogP contribution is -2.41. The fourth-order valence-corrected chi connectivity index (χ4v) is 4.04. The predicted molar refractivity (Wildman–Crippen MR) is 90.3 cm³/mol. The van der Waals surface area contributed by atoms with Gasteiger partial charge in [0.05, 0.1) is 11.2 Å². The molecule has 2 heterocycles. The van der Waals surface area contributed by atoms with Crippen molar-refractivity contribution >= 4 is 35.0 Å². The molecular formula is C15H25BO2S2. The van der Waals surface area contributed by atoms with Gasteiger partial charge in [-0.05, 0) is 45.9 Å². The van der Waals surface area contributed by atoms with Gasteiger partial charge in [0.1, 0.15) is 0 Å². The van der Waals surface area contributed by atoms with E-state index >= 15 is 0 Å². The van der Waals surface area contributed by atoms with E-state index in [-0.39, 0.29) is 18.3 Å². The van der Waals surface area contributed by atoms with Crippen molar-refractivity contribution in [3.63, 3.8) is 0 Å². The van der Waals surface area contributed by atoms with E-state index in [4.69, 9.17) is 9.31 Å². The van der Waals surface area contributed by atoms with Crippen molar-refractivity contribution in [1.29, 1.82) is 0 Å². The minimum absolute atomic E-state index is 0.213. The molecule has 0 bridgehead atoms. The third-order valence-corrected chi connectivity index (χ3v) is 6.26. The van der Waals surface area contributed by atoms with E-state index in [1.165, 1.54) is 34.7 Å². The minimum Gasteiger partial charge on any atom is -0.399 e. The van der Waals surface area contributed by atoms with E-state index in [2.05, 4.69) is 46.1 Å². The van der Waals surface area contributed by atoms with Crippen molar-refractivity contribution in [2.75, 3.05) is 5.75 Å². The second-order valence-corrected chi connectivity index (χ2v) is 8.44. The molecule has 1 aromatic rings. The summed E-state index contributed by atoms with van der Waals surface area (Å²) in [5.74, 6) is 1.20. The molecule has 5 heteroatoms. The van der Waals surface area contributed by atoms with Gasteiger partial charge in [0.2, 0.25) is 0 Å². The molecule has 1 saturated heterocycles. The van der Waals surface area contributed by atoms with E-state index in [0.717, 1.165) is 0 Å². The molecule has 1 aliphatic rings. The maximum atomic E-state index is 6.09. The largest absolute Gasteiger partial charge is 0.505 e. The Morgan fingerprint density at radius 2 is 1.80 bits per heavy atom. The summed E-state index contributed by atoms with van der Waals surface area (Å²) in [4.78, 5) is 1.34. The Bertz CT molecular complexity index is 427. The molecule has 0 atom stereocenters. The van der Waals surface area contributed by atoms with Gasteiger partial charge in [-0.25, -0.2) is 0 Å². The second kappa shape index (κ2) is 6.43. The fraction of sp³-hybridized carbons (Fsp3) is 0.733. The Labute approximate surface area is 131 Å². The quantitative estimate of drug-likeness (QED) is 0.442. The molecule has 0 aromatic carbocycles. The van der Waals surface area contributed by atoms with Crippen LogP contribution in [-0.2, 0) is 9.31 Å². The number of hydrogen-bond donors (Lipinski definition) is 0. The number of hydrogen-bond acceptors (Lipinski definition) is 4. The van der Waals surface area contributed by atoms with Crippen LogP contribution in [0.25, 0.3) is 0 Å². The number of thiophene rings is 1. The molecule has 2 rings (SSSR count). The molecule has 0 radical (unpaired) electrons. The van der Waals surface area contributed by atoms with Crippen molar-refractivity contribution in [2.45, 2.75) is 70.0 Å². The topological polar surface area (TPSA) is 18.5 Å². The molecule has 20 heavy (non-hydrogen) atoms. The Kier molecular flexibility index (Phi) is 5.27. The maximum Gasteiger partial charge on any atom is 0.505 e.